The first-order valence-corrected chi connectivity index (χ1v) is 9.63. The van der Waals surface area contributed by atoms with E-state index in [4.69, 9.17) is 10.5 Å². The third kappa shape index (κ3) is 5.92. The molecule has 0 spiro atoms. The highest BCUT2D eigenvalue weighted by Gasteiger charge is 2.33. The Kier molecular flexibility index (Phi) is 8.07. The average molecular weight is 396 g/mol. The van der Waals surface area contributed by atoms with Crippen LogP contribution in [0.3, 0.4) is 0 Å². The minimum Gasteiger partial charge on any atom is -0.368 e. The smallest absolute Gasteiger partial charge is 0.253 e. The van der Waals surface area contributed by atoms with Crippen LogP contribution in [0.25, 0.3) is 0 Å². The molecule has 2 amide bonds. The van der Waals surface area contributed by atoms with E-state index in [1.807, 2.05) is 0 Å². The predicted octanol–water partition coefficient (Wildman–Crippen LogP) is 3.46. The van der Waals surface area contributed by atoms with Crippen LogP contribution in [0.15, 0.2) is 24.3 Å². The normalized spacial score (nSPS) is 21.1. The van der Waals surface area contributed by atoms with Crippen LogP contribution >= 0.6 is 12.4 Å². The summed E-state index contributed by atoms with van der Waals surface area (Å²) >= 11 is 0. The summed E-state index contributed by atoms with van der Waals surface area (Å²) in [6.45, 7) is 1.21. The first-order valence-electron chi connectivity index (χ1n) is 9.63. The Morgan fingerprint density at radius 2 is 1.67 bits per heavy atom. The highest BCUT2D eigenvalue weighted by atomic mass is 35.5. The van der Waals surface area contributed by atoms with Crippen molar-refractivity contribution in [3.8, 4) is 0 Å². The number of halogens is 1. The molecule has 1 aliphatic heterocycles. The Hall–Kier alpha value is -1.63. The second-order valence-corrected chi connectivity index (χ2v) is 7.56. The number of nitrogens with one attached hydrogen (secondary N) is 2. The van der Waals surface area contributed by atoms with E-state index in [1.165, 1.54) is 6.42 Å². The molecule has 0 aromatic heterocycles. The molecule has 7 heteroatoms. The molecule has 1 aromatic carbocycles. The fourth-order valence-corrected chi connectivity index (χ4v) is 3.94. The van der Waals surface area contributed by atoms with Crippen molar-refractivity contribution in [1.82, 2.24) is 0 Å². The van der Waals surface area contributed by atoms with Gasteiger partial charge in [0, 0.05) is 24.4 Å². The Morgan fingerprint density at radius 3 is 2.22 bits per heavy atom. The summed E-state index contributed by atoms with van der Waals surface area (Å²) < 4.78 is 5.38. The zero-order valence-corrected chi connectivity index (χ0v) is 16.5. The molecule has 1 aromatic rings. The van der Waals surface area contributed by atoms with Crippen LogP contribution in [0.2, 0.25) is 0 Å². The molecule has 1 atom stereocenters. The van der Waals surface area contributed by atoms with E-state index in [0.717, 1.165) is 44.2 Å². The zero-order chi connectivity index (χ0) is 18.4. The topological polar surface area (TPSA) is 93.5 Å². The molecule has 1 heterocycles. The number of hydrogen-bond donors (Lipinski definition) is 3. The van der Waals surface area contributed by atoms with Gasteiger partial charge in [-0.15, -0.1) is 12.4 Å². The molecule has 3 rings (SSSR count). The van der Waals surface area contributed by atoms with Crippen molar-refractivity contribution in [3.63, 3.8) is 0 Å². The van der Waals surface area contributed by atoms with Gasteiger partial charge in [-0.05, 0) is 61.9 Å². The van der Waals surface area contributed by atoms with E-state index in [1.54, 1.807) is 24.3 Å². The minimum absolute atomic E-state index is 0. The van der Waals surface area contributed by atoms with Gasteiger partial charge in [0.2, 0.25) is 5.91 Å². The van der Waals surface area contributed by atoms with E-state index < -0.39 is 0 Å². The monoisotopic (exact) mass is 395 g/mol. The van der Waals surface area contributed by atoms with Crippen LogP contribution in [0.4, 0.5) is 11.4 Å². The molecule has 150 valence electrons. The highest BCUT2D eigenvalue weighted by Crippen LogP contribution is 2.38. The Bertz CT molecular complexity index is 624. The summed E-state index contributed by atoms with van der Waals surface area (Å²) in [5.41, 5.74) is 7.36. The summed E-state index contributed by atoms with van der Waals surface area (Å²) in [7, 11) is 0. The third-order valence-corrected chi connectivity index (χ3v) is 5.54. The number of ether oxygens (including phenoxy) is 1. The van der Waals surface area contributed by atoms with Crippen LogP contribution in [-0.4, -0.2) is 31.1 Å². The number of benzene rings is 1. The molecular weight excluding hydrogens is 366 g/mol. The molecule has 0 radical (unpaired) electrons. The first kappa shape index (κ1) is 21.7. The molecule has 27 heavy (non-hydrogen) atoms. The number of rotatable bonds is 6. The number of hydrogen-bond acceptors (Lipinski definition) is 4. The lowest BCUT2D eigenvalue weighted by Crippen LogP contribution is -2.36. The van der Waals surface area contributed by atoms with E-state index in [2.05, 4.69) is 10.6 Å². The molecule has 0 bridgehead atoms. The molecule has 1 unspecified atom stereocenters. The lowest BCUT2D eigenvalue weighted by atomic mass is 9.71. The summed E-state index contributed by atoms with van der Waals surface area (Å²) in [5.74, 6) is -0.102. The summed E-state index contributed by atoms with van der Waals surface area (Å²) in [4.78, 5) is 24.5. The van der Waals surface area contributed by atoms with Gasteiger partial charge in [-0.25, -0.2) is 0 Å². The molecule has 1 saturated heterocycles. The van der Waals surface area contributed by atoms with Crippen molar-refractivity contribution in [2.45, 2.75) is 57.5 Å². The van der Waals surface area contributed by atoms with Crippen molar-refractivity contribution >= 4 is 35.6 Å². The number of carbonyl (C=O) groups excluding carboxylic acids is 2. The number of carbonyl (C=O) groups is 2. The van der Waals surface area contributed by atoms with Gasteiger partial charge in [-0.1, -0.05) is 19.3 Å². The van der Waals surface area contributed by atoms with E-state index in [0.29, 0.717) is 25.3 Å². The second-order valence-electron chi connectivity index (χ2n) is 7.56. The van der Waals surface area contributed by atoms with Crippen molar-refractivity contribution in [1.29, 1.82) is 0 Å². The average Bonchev–Trinajstić information content (AvgIpc) is 3.19. The predicted molar refractivity (Wildman–Crippen MR) is 109 cm³/mol. The van der Waals surface area contributed by atoms with Gasteiger partial charge in [-0.3, -0.25) is 9.59 Å². The van der Waals surface area contributed by atoms with Crippen LogP contribution in [0, 0.1) is 5.41 Å². The lowest BCUT2D eigenvalue weighted by molar-refractivity contribution is -0.124. The zero-order valence-electron chi connectivity index (χ0n) is 15.7. The van der Waals surface area contributed by atoms with Crippen LogP contribution in [0.1, 0.15) is 51.4 Å². The molecule has 6 nitrogen and oxygen atoms in total. The molecule has 2 fully saturated rings. The summed E-state index contributed by atoms with van der Waals surface area (Å²) in [6.07, 6.45) is 7.43. The lowest BCUT2D eigenvalue weighted by Gasteiger charge is -2.35. The maximum atomic E-state index is 12.4. The Balaban J connectivity index is 0.00000261. The van der Waals surface area contributed by atoms with Crippen LogP contribution < -0.4 is 16.4 Å². The molecule has 2 aliphatic rings. The Morgan fingerprint density at radius 1 is 1.04 bits per heavy atom. The molecule has 4 N–H and O–H groups in total. The summed E-state index contributed by atoms with van der Waals surface area (Å²) in [6, 6.07) is 7.20. The standard InChI is InChI=1S/C20H29N3O3.ClH/c21-14-20(10-2-1-3-11-20)13-18(24)22-15-6-8-16(9-7-15)23-19(25)17-5-4-12-26-17;/h6-9,17H,1-5,10-14,21H2,(H,22,24)(H,23,25);1H. The summed E-state index contributed by atoms with van der Waals surface area (Å²) in [5, 5.41) is 5.80. The van der Waals surface area contributed by atoms with Gasteiger partial charge >= 0.3 is 0 Å². The fourth-order valence-electron chi connectivity index (χ4n) is 3.94. The van der Waals surface area contributed by atoms with Crippen molar-refractivity contribution in [2.75, 3.05) is 23.8 Å². The van der Waals surface area contributed by atoms with Gasteiger partial charge in [0.05, 0.1) is 0 Å². The van der Waals surface area contributed by atoms with Crippen LogP contribution in [-0.2, 0) is 14.3 Å². The third-order valence-electron chi connectivity index (χ3n) is 5.54. The van der Waals surface area contributed by atoms with Crippen molar-refractivity contribution in [2.24, 2.45) is 11.1 Å². The van der Waals surface area contributed by atoms with Crippen molar-refractivity contribution in [3.05, 3.63) is 24.3 Å². The van der Waals surface area contributed by atoms with Crippen LogP contribution in [0.5, 0.6) is 0 Å². The number of amides is 2. The quantitative estimate of drug-likeness (QED) is 0.687. The maximum Gasteiger partial charge on any atom is 0.253 e. The highest BCUT2D eigenvalue weighted by molar-refractivity contribution is 5.95. The molecule has 1 saturated carbocycles. The molecular formula is C20H30ClN3O3. The largest absolute Gasteiger partial charge is 0.368 e. The first-order chi connectivity index (χ1) is 12.6. The fraction of sp³-hybridized carbons (Fsp3) is 0.600. The molecule has 1 aliphatic carbocycles. The van der Waals surface area contributed by atoms with E-state index in [-0.39, 0.29) is 35.7 Å². The number of anilines is 2. The van der Waals surface area contributed by atoms with Gasteiger partial charge < -0.3 is 21.1 Å². The second kappa shape index (κ2) is 10.1. The van der Waals surface area contributed by atoms with Crippen molar-refractivity contribution < 1.29 is 14.3 Å². The van der Waals surface area contributed by atoms with Gasteiger partial charge in [0.15, 0.2) is 0 Å². The van der Waals surface area contributed by atoms with Gasteiger partial charge in [-0.2, -0.15) is 0 Å². The Labute approximate surface area is 167 Å². The van der Waals surface area contributed by atoms with E-state index >= 15 is 0 Å². The minimum atomic E-state index is -0.350. The SMILES string of the molecule is Cl.NCC1(CC(=O)Nc2ccc(NC(=O)C3CCCO3)cc2)CCCCC1. The van der Waals surface area contributed by atoms with E-state index in [9.17, 15) is 9.59 Å². The van der Waals surface area contributed by atoms with Gasteiger partial charge in [0.1, 0.15) is 6.10 Å². The van der Waals surface area contributed by atoms with Gasteiger partial charge in [0.25, 0.3) is 5.91 Å². The maximum absolute atomic E-state index is 12.4. The number of nitrogens with two attached hydrogens (primary N) is 1.